The maximum absolute atomic E-state index is 10.8. The number of aliphatic hydroxyl groups is 1. The van der Waals surface area contributed by atoms with Crippen LogP contribution in [0.4, 0.5) is 0 Å². The van der Waals surface area contributed by atoms with Gasteiger partial charge in [0.05, 0.1) is 5.60 Å². The zero-order chi connectivity index (χ0) is 15.3. The van der Waals surface area contributed by atoms with Gasteiger partial charge in [-0.05, 0) is 55.5 Å². The molecule has 22 heavy (non-hydrogen) atoms. The minimum atomic E-state index is -0.636. The molecule has 0 bridgehead atoms. The smallest absolute Gasteiger partial charge is 0.0920 e. The van der Waals surface area contributed by atoms with Crippen LogP contribution in [0, 0.1) is 0 Å². The maximum atomic E-state index is 10.8. The topological polar surface area (TPSA) is 36.4 Å². The van der Waals surface area contributed by atoms with E-state index in [4.69, 9.17) is 0 Å². The third-order valence-corrected chi connectivity index (χ3v) is 4.68. The van der Waals surface area contributed by atoms with E-state index in [1.807, 2.05) is 42.7 Å². The average Bonchev–Trinajstić information content (AvgIpc) is 2.59. The van der Waals surface area contributed by atoms with E-state index in [1.54, 1.807) is 0 Å². The van der Waals surface area contributed by atoms with E-state index in [1.165, 1.54) is 5.56 Å². The molecule has 3 heteroatoms. The fraction of sp³-hybridized carbons (Fsp3) is 0.421. The van der Waals surface area contributed by atoms with Gasteiger partial charge in [-0.3, -0.25) is 4.98 Å². The van der Waals surface area contributed by atoms with Crippen LogP contribution in [0.5, 0.6) is 0 Å². The Labute approximate surface area is 132 Å². The minimum absolute atomic E-state index is 0.636. The summed E-state index contributed by atoms with van der Waals surface area (Å²) in [5.41, 5.74) is 1.78. The maximum Gasteiger partial charge on any atom is 0.0920 e. The number of aromatic nitrogens is 1. The zero-order valence-corrected chi connectivity index (χ0v) is 13.0. The molecule has 0 saturated carbocycles. The van der Waals surface area contributed by atoms with Gasteiger partial charge in [0.1, 0.15) is 0 Å². The van der Waals surface area contributed by atoms with E-state index in [2.05, 4.69) is 22.0 Å². The van der Waals surface area contributed by atoms with Crippen LogP contribution < -0.4 is 0 Å². The van der Waals surface area contributed by atoms with E-state index >= 15 is 0 Å². The number of hydrogen-bond acceptors (Lipinski definition) is 3. The Hall–Kier alpha value is -1.71. The monoisotopic (exact) mass is 296 g/mol. The van der Waals surface area contributed by atoms with Crippen molar-refractivity contribution in [2.45, 2.75) is 31.3 Å². The molecule has 0 spiro atoms. The molecule has 0 unspecified atom stereocenters. The van der Waals surface area contributed by atoms with Crippen molar-refractivity contribution in [1.29, 1.82) is 0 Å². The van der Waals surface area contributed by atoms with Gasteiger partial charge in [-0.1, -0.05) is 30.3 Å². The van der Waals surface area contributed by atoms with E-state index in [9.17, 15) is 5.11 Å². The summed E-state index contributed by atoms with van der Waals surface area (Å²) in [5.74, 6) is 0. The number of pyridine rings is 1. The molecule has 0 radical (unpaired) electrons. The van der Waals surface area contributed by atoms with Crippen molar-refractivity contribution in [2.75, 3.05) is 19.6 Å². The van der Waals surface area contributed by atoms with E-state index in [0.717, 1.165) is 50.9 Å². The van der Waals surface area contributed by atoms with Gasteiger partial charge < -0.3 is 10.0 Å². The summed E-state index contributed by atoms with van der Waals surface area (Å²) >= 11 is 0. The third-order valence-electron chi connectivity index (χ3n) is 4.68. The SMILES string of the molecule is OC1(c2ccccc2)CCN(CCCc2ccncc2)CC1. The van der Waals surface area contributed by atoms with Gasteiger partial charge in [0.25, 0.3) is 0 Å². The standard InChI is InChI=1S/C19H24N2O/c22-19(18-6-2-1-3-7-18)10-15-21(16-11-19)14-4-5-17-8-12-20-13-9-17/h1-3,6-9,12-13,22H,4-5,10-11,14-16H2. The highest BCUT2D eigenvalue weighted by atomic mass is 16.3. The summed E-state index contributed by atoms with van der Waals surface area (Å²) in [5, 5.41) is 10.8. The fourth-order valence-electron chi connectivity index (χ4n) is 3.24. The number of benzene rings is 1. The normalized spacial score (nSPS) is 18.2. The number of likely N-dealkylation sites (tertiary alicyclic amines) is 1. The van der Waals surface area contributed by atoms with Crippen LogP contribution in [0.3, 0.4) is 0 Å². The van der Waals surface area contributed by atoms with Crippen molar-refractivity contribution >= 4 is 0 Å². The predicted octanol–water partition coefficient (Wildman–Crippen LogP) is 3.00. The van der Waals surface area contributed by atoms with Gasteiger partial charge in [-0.25, -0.2) is 0 Å². The van der Waals surface area contributed by atoms with Crippen LogP contribution in [0.15, 0.2) is 54.9 Å². The molecule has 3 rings (SSSR count). The predicted molar refractivity (Wildman–Crippen MR) is 88.6 cm³/mol. The zero-order valence-electron chi connectivity index (χ0n) is 13.0. The number of nitrogens with zero attached hydrogens (tertiary/aromatic N) is 2. The molecule has 2 aromatic rings. The third kappa shape index (κ3) is 3.73. The molecule has 116 valence electrons. The van der Waals surface area contributed by atoms with Crippen molar-refractivity contribution in [3.8, 4) is 0 Å². The second kappa shape index (κ2) is 7.03. The van der Waals surface area contributed by atoms with Gasteiger partial charge in [-0.15, -0.1) is 0 Å². The lowest BCUT2D eigenvalue weighted by Crippen LogP contribution is -2.42. The molecule has 1 aromatic heterocycles. The molecule has 1 fully saturated rings. The minimum Gasteiger partial charge on any atom is -0.385 e. The largest absolute Gasteiger partial charge is 0.385 e. The van der Waals surface area contributed by atoms with Gasteiger partial charge in [0.15, 0.2) is 0 Å². The Morgan fingerprint density at radius 3 is 2.36 bits per heavy atom. The van der Waals surface area contributed by atoms with Crippen molar-refractivity contribution in [1.82, 2.24) is 9.88 Å². The Bertz CT molecular complexity index is 563. The van der Waals surface area contributed by atoms with Crippen LogP contribution in [-0.4, -0.2) is 34.6 Å². The Morgan fingerprint density at radius 1 is 1.00 bits per heavy atom. The summed E-state index contributed by atoms with van der Waals surface area (Å²) < 4.78 is 0. The molecule has 3 nitrogen and oxygen atoms in total. The molecular weight excluding hydrogens is 272 g/mol. The molecule has 0 atom stereocenters. The second-order valence-electron chi connectivity index (χ2n) is 6.20. The van der Waals surface area contributed by atoms with E-state index < -0.39 is 5.60 Å². The molecular formula is C19H24N2O. The number of piperidine rings is 1. The average molecular weight is 296 g/mol. The van der Waals surface area contributed by atoms with Crippen molar-refractivity contribution in [3.63, 3.8) is 0 Å². The Balaban J connectivity index is 1.46. The van der Waals surface area contributed by atoms with Crippen molar-refractivity contribution < 1.29 is 5.11 Å². The highest BCUT2D eigenvalue weighted by Crippen LogP contribution is 2.32. The lowest BCUT2D eigenvalue weighted by molar-refractivity contribution is -0.0259. The van der Waals surface area contributed by atoms with Crippen LogP contribution in [0.25, 0.3) is 0 Å². The van der Waals surface area contributed by atoms with Gasteiger partial charge in [0, 0.05) is 25.5 Å². The van der Waals surface area contributed by atoms with Gasteiger partial charge in [-0.2, -0.15) is 0 Å². The van der Waals surface area contributed by atoms with Crippen LogP contribution in [-0.2, 0) is 12.0 Å². The second-order valence-corrected chi connectivity index (χ2v) is 6.20. The molecule has 1 aliphatic rings. The Kier molecular flexibility index (Phi) is 4.86. The lowest BCUT2D eigenvalue weighted by Gasteiger charge is -2.38. The van der Waals surface area contributed by atoms with Crippen LogP contribution in [0.1, 0.15) is 30.4 Å². The van der Waals surface area contributed by atoms with Gasteiger partial charge >= 0.3 is 0 Å². The first-order chi connectivity index (χ1) is 10.8. The number of aryl methyl sites for hydroxylation is 1. The van der Waals surface area contributed by atoms with Crippen molar-refractivity contribution in [3.05, 3.63) is 66.0 Å². The summed E-state index contributed by atoms with van der Waals surface area (Å²) in [6.07, 6.45) is 7.63. The first kappa shape index (κ1) is 15.2. The molecule has 1 aromatic carbocycles. The molecule has 1 saturated heterocycles. The summed E-state index contributed by atoms with van der Waals surface area (Å²) in [4.78, 5) is 6.52. The lowest BCUT2D eigenvalue weighted by atomic mass is 9.84. The molecule has 0 aliphatic carbocycles. The molecule has 1 N–H and O–H groups in total. The first-order valence-corrected chi connectivity index (χ1v) is 8.15. The molecule has 1 aliphatic heterocycles. The number of rotatable bonds is 5. The highest BCUT2D eigenvalue weighted by Gasteiger charge is 2.33. The molecule has 2 heterocycles. The fourth-order valence-corrected chi connectivity index (χ4v) is 3.24. The quantitative estimate of drug-likeness (QED) is 0.921. The first-order valence-electron chi connectivity index (χ1n) is 8.15. The summed E-state index contributed by atoms with van der Waals surface area (Å²) in [6.45, 7) is 3.05. The number of hydrogen-bond donors (Lipinski definition) is 1. The van der Waals surface area contributed by atoms with E-state index in [-0.39, 0.29) is 0 Å². The highest BCUT2D eigenvalue weighted by molar-refractivity contribution is 5.23. The van der Waals surface area contributed by atoms with Gasteiger partial charge in [0.2, 0.25) is 0 Å². The molecule has 0 amide bonds. The van der Waals surface area contributed by atoms with Crippen LogP contribution >= 0.6 is 0 Å². The summed E-state index contributed by atoms with van der Waals surface area (Å²) in [6, 6.07) is 14.3. The van der Waals surface area contributed by atoms with E-state index in [0.29, 0.717) is 0 Å². The van der Waals surface area contributed by atoms with Crippen LogP contribution in [0.2, 0.25) is 0 Å². The summed E-state index contributed by atoms with van der Waals surface area (Å²) in [7, 11) is 0. The Morgan fingerprint density at radius 2 is 1.68 bits per heavy atom. The van der Waals surface area contributed by atoms with Crippen molar-refractivity contribution in [2.24, 2.45) is 0 Å².